The number of ether oxygens (including phenoxy) is 1. The molecule has 1 aliphatic rings. The minimum absolute atomic E-state index is 0.0235. The van der Waals surface area contributed by atoms with E-state index in [1.807, 2.05) is 7.11 Å². The lowest BCUT2D eigenvalue weighted by Gasteiger charge is -2.43. The van der Waals surface area contributed by atoms with E-state index in [4.69, 9.17) is 4.74 Å². The Morgan fingerprint density at radius 1 is 1.19 bits per heavy atom. The summed E-state index contributed by atoms with van der Waals surface area (Å²) in [4.78, 5) is 0. The summed E-state index contributed by atoms with van der Waals surface area (Å²) in [5.41, 5.74) is 2.87. The first kappa shape index (κ1) is 16.5. The Bertz CT molecular complexity index is 423. The summed E-state index contributed by atoms with van der Waals surface area (Å²) >= 11 is 0. The Kier molecular flexibility index (Phi) is 6.25. The summed E-state index contributed by atoms with van der Waals surface area (Å²) in [6.07, 6.45) is 8.58. The summed E-state index contributed by atoms with van der Waals surface area (Å²) in [6, 6.07) is 9.18. The average molecular weight is 289 g/mol. The van der Waals surface area contributed by atoms with Crippen LogP contribution in [0.25, 0.3) is 0 Å². The first-order valence-electron chi connectivity index (χ1n) is 8.55. The lowest BCUT2D eigenvalue weighted by Crippen LogP contribution is -2.54. The molecular formula is C19H31NO. The van der Waals surface area contributed by atoms with E-state index in [-0.39, 0.29) is 5.60 Å². The molecule has 0 amide bonds. The van der Waals surface area contributed by atoms with Crippen LogP contribution in [-0.4, -0.2) is 25.3 Å². The molecule has 2 nitrogen and oxygen atoms in total. The summed E-state index contributed by atoms with van der Waals surface area (Å²) in [5.74, 6) is 0. The number of rotatable bonds is 7. The SMILES string of the molecule is CCCNC(Cc1ccccc1C)C1(OC)CCCCC1. The van der Waals surface area contributed by atoms with Gasteiger partial charge in [-0.05, 0) is 50.3 Å². The molecule has 1 aliphatic carbocycles. The molecule has 2 heteroatoms. The van der Waals surface area contributed by atoms with Crippen LogP contribution in [-0.2, 0) is 11.2 Å². The van der Waals surface area contributed by atoms with Crippen LogP contribution in [0.2, 0.25) is 0 Å². The summed E-state index contributed by atoms with van der Waals surface area (Å²) in [7, 11) is 1.91. The van der Waals surface area contributed by atoms with Crippen LogP contribution < -0.4 is 5.32 Å². The van der Waals surface area contributed by atoms with Crippen molar-refractivity contribution in [2.45, 2.75) is 70.4 Å². The number of aryl methyl sites for hydroxylation is 1. The molecule has 0 aromatic heterocycles. The predicted molar refractivity (Wildman–Crippen MR) is 89.8 cm³/mol. The second-order valence-electron chi connectivity index (χ2n) is 6.47. The summed E-state index contributed by atoms with van der Waals surface area (Å²) in [6.45, 7) is 5.52. The molecular weight excluding hydrogens is 258 g/mol. The average Bonchev–Trinajstić information content (AvgIpc) is 2.53. The highest BCUT2D eigenvalue weighted by Gasteiger charge is 2.39. The van der Waals surface area contributed by atoms with Crippen LogP contribution in [0.5, 0.6) is 0 Å². The molecule has 2 rings (SSSR count). The monoisotopic (exact) mass is 289 g/mol. The van der Waals surface area contributed by atoms with Crippen molar-refractivity contribution in [3.63, 3.8) is 0 Å². The molecule has 1 aromatic rings. The Balaban J connectivity index is 2.18. The third-order valence-electron chi connectivity index (χ3n) is 5.07. The largest absolute Gasteiger partial charge is 0.377 e. The fourth-order valence-electron chi connectivity index (χ4n) is 3.67. The van der Waals surface area contributed by atoms with Crippen molar-refractivity contribution in [3.05, 3.63) is 35.4 Å². The molecule has 1 aromatic carbocycles. The van der Waals surface area contributed by atoms with Gasteiger partial charge in [0.25, 0.3) is 0 Å². The lowest BCUT2D eigenvalue weighted by atomic mass is 9.76. The van der Waals surface area contributed by atoms with Gasteiger partial charge in [-0.25, -0.2) is 0 Å². The summed E-state index contributed by atoms with van der Waals surface area (Å²) < 4.78 is 6.09. The molecule has 0 radical (unpaired) electrons. The van der Waals surface area contributed by atoms with Crippen LogP contribution in [0.3, 0.4) is 0 Å². The van der Waals surface area contributed by atoms with E-state index in [0.717, 1.165) is 13.0 Å². The minimum Gasteiger partial charge on any atom is -0.377 e. The highest BCUT2D eigenvalue weighted by Crippen LogP contribution is 2.35. The van der Waals surface area contributed by atoms with Gasteiger partial charge < -0.3 is 10.1 Å². The van der Waals surface area contributed by atoms with Gasteiger partial charge in [0.05, 0.1) is 5.60 Å². The predicted octanol–water partition coefficient (Wildman–Crippen LogP) is 4.26. The summed E-state index contributed by atoms with van der Waals surface area (Å²) in [5, 5.41) is 3.78. The molecule has 0 bridgehead atoms. The second-order valence-corrected chi connectivity index (χ2v) is 6.47. The number of hydrogen-bond acceptors (Lipinski definition) is 2. The van der Waals surface area contributed by atoms with E-state index in [0.29, 0.717) is 6.04 Å². The third-order valence-corrected chi connectivity index (χ3v) is 5.07. The maximum absolute atomic E-state index is 6.09. The number of benzene rings is 1. The van der Waals surface area contributed by atoms with Crippen LogP contribution in [0.4, 0.5) is 0 Å². The third kappa shape index (κ3) is 4.08. The zero-order chi connectivity index (χ0) is 15.1. The fourth-order valence-corrected chi connectivity index (χ4v) is 3.67. The Labute approximate surface area is 130 Å². The maximum Gasteiger partial charge on any atom is 0.0834 e. The molecule has 118 valence electrons. The van der Waals surface area contributed by atoms with Crippen molar-refractivity contribution < 1.29 is 4.74 Å². The van der Waals surface area contributed by atoms with E-state index in [1.165, 1.54) is 49.7 Å². The van der Waals surface area contributed by atoms with Gasteiger partial charge >= 0.3 is 0 Å². The zero-order valence-corrected chi connectivity index (χ0v) is 14.0. The van der Waals surface area contributed by atoms with E-state index < -0.39 is 0 Å². The molecule has 1 N–H and O–H groups in total. The van der Waals surface area contributed by atoms with E-state index in [1.54, 1.807) is 0 Å². The van der Waals surface area contributed by atoms with Crippen LogP contribution >= 0.6 is 0 Å². The lowest BCUT2D eigenvalue weighted by molar-refractivity contribution is -0.0672. The number of hydrogen-bond donors (Lipinski definition) is 1. The topological polar surface area (TPSA) is 21.3 Å². The minimum atomic E-state index is 0.0235. The molecule has 0 spiro atoms. The van der Waals surface area contributed by atoms with Crippen LogP contribution in [0, 0.1) is 6.92 Å². The highest BCUT2D eigenvalue weighted by atomic mass is 16.5. The molecule has 1 saturated carbocycles. The molecule has 0 saturated heterocycles. The van der Waals surface area contributed by atoms with Gasteiger partial charge in [-0.15, -0.1) is 0 Å². The van der Waals surface area contributed by atoms with Gasteiger partial charge in [0, 0.05) is 13.2 Å². The Morgan fingerprint density at radius 3 is 2.52 bits per heavy atom. The zero-order valence-electron chi connectivity index (χ0n) is 14.0. The first-order chi connectivity index (χ1) is 10.2. The van der Waals surface area contributed by atoms with Crippen molar-refractivity contribution in [1.29, 1.82) is 0 Å². The normalized spacial score (nSPS) is 19.4. The molecule has 1 fully saturated rings. The van der Waals surface area contributed by atoms with Gasteiger partial charge in [-0.1, -0.05) is 50.5 Å². The van der Waals surface area contributed by atoms with Crippen molar-refractivity contribution in [1.82, 2.24) is 5.32 Å². The van der Waals surface area contributed by atoms with Crippen molar-refractivity contribution >= 4 is 0 Å². The molecule has 1 atom stereocenters. The highest BCUT2D eigenvalue weighted by molar-refractivity contribution is 5.27. The van der Waals surface area contributed by atoms with Gasteiger partial charge in [0.2, 0.25) is 0 Å². The molecule has 0 aliphatic heterocycles. The van der Waals surface area contributed by atoms with Gasteiger partial charge in [-0.2, -0.15) is 0 Å². The second kappa shape index (κ2) is 7.95. The number of methoxy groups -OCH3 is 1. The van der Waals surface area contributed by atoms with E-state index in [9.17, 15) is 0 Å². The van der Waals surface area contributed by atoms with Crippen LogP contribution in [0.15, 0.2) is 24.3 Å². The van der Waals surface area contributed by atoms with Gasteiger partial charge in [0.1, 0.15) is 0 Å². The van der Waals surface area contributed by atoms with Crippen molar-refractivity contribution in [3.8, 4) is 0 Å². The van der Waals surface area contributed by atoms with Gasteiger partial charge in [-0.3, -0.25) is 0 Å². The Morgan fingerprint density at radius 2 is 1.90 bits per heavy atom. The van der Waals surface area contributed by atoms with E-state index >= 15 is 0 Å². The van der Waals surface area contributed by atoms with Crippen LogP contribution in [0.1, 0.15) is 56.6 Å². The molecule has 1 unspecified atom stereocenters. The van der Waals surface area contributed by atoms with E-state index in [2.05, 4.69) is 43.4 Å². The first-order valence-corrected chi connectivity index (χ1v) is 8.55. The van der Waals surface area contributed by atoms with Gasteiger partial charge in [0.15, 0.2) is 0 Å². The quantitative estimate of drug-likeness (QED) is 0.810. The number of nitrogens with one attached hydrogen (secondary N) is 1. The molecule has 21 heavy (non-hydrogen) atoms. The Hall–Kier alpha value is -0.860. The standard InChI is InChI=1S/C19H31NO/c1-4-14-20-18(15-17-11-7-6-10-16(17)2)19(21-3)12-8-5-9-13-19/h6-7,10-11,18,20H,4-5,8-9,12-15H2,1-3H3. The van der Waals surface area contributed by atoms with Crippen molar-refractivity contribution in [2.75, 3.05) is 13.7 Å². The fraction of sp³-hybridized carbons (Fsp3) is 0.684. The smallest absolute Gasteiger partial charge is 0.0834 e. The van der Waals surface area contributed by atoms with Crippen molar-refractivity contribution in [2.24, 2.45) is 0 Å². The maximum atomic E-state index is 6.09. The molecule has 0 heterocycles.